The van der Waals surface area contributed by atoms with Gasteiger partial charge in [0, 0.05) is 0 Å². The van der Waals surface area contributed by atoms with Gasteiger partial charge in [-0.15, -0.1) is 0 Å². The molecule has 0 N–H and O–H groups in total. The van der Waals surface area contributed by atoms with Gasteiger partial charge in [0.2, 0.25) is 0 Å². The molecule has 0 radical (unpaired) electrons. The summed E-state index contributed by atoms with van der Waals surface area (Å²) in [6.45, 7) is 0. The van der Waals surface area contributed by atoms with E-state index in [0.717, 1.165) is 0 Å². The van der Waals surface area contributed by atoms with Crippen molar-refractivity contribution in [2.75, 3.05) is 0 Å². The fraction of sp³-hybridized carbons (Fsp3) is 0. The van der Waals surface area contributed by atoms with Crippen LogP contribution in [-0.2, 0) is 0 Å². The van der Waals surface area contributed by atoms with Crippen molar-refractivity contribution in [2.45, 2.75) is 0 Å². The van der Waals surface area contributed by atoms with Gasteiger partial charge in [0.15, 0.2) is 0 Å². The Kier molecular flexibility index (Phi) is 7.71. The molecule has 0 atom stereocenters. The van der Waals surface area contributed by atoms with E-state index in [0.29, 0.717) is 0 Å². The van der Waals surface area contributed by atoms with Crippen LogP contribution in [0, 0.1) is 0 Å². The van der Waals surface area contributed by atoms with Crippen molar-refractivity contribution < 1.29 is 0 Å². The minimum absolute atomic E-state index is 1.20. The van der Waals surface area contributed by atoms with Crippen LogP contribution in [0.1, 0.15) is 0 Å². The zero-order valence-electron chi connectivity index (χ0n) is 33.9. The monoisotopic (exact) mass is 782 g/mol. The van der Waals surface area contributed by atoms with Crippen LogP contribution in [0.5, 0.6) is 0 Å². The third kappa shape index (κ3) is 5.27. The number of benzene rings is 12. The lowest BCUT2D eigenvalue weighted by molar-refractivity contribution is 1.68. The molecule has 0 heterocycles. The largest absolute Gasteiger partial charge is 0.0622 e. The first-order valence-corrected chi connectivity index (χ1v) is 21.6. The van der Waals surface area contributed by atoms with E-state index in [4.69, 9.17) is 0 Å². The SMILES string of the molecule is c1ccc(-c2c3ccccc3c3c4cc(ccc24)c2cccc(c2)c2cccc(c2)c2ccc4c(-c5ccccc5)c5ccccc5c(c4c2)c2ccc3c3ccccc32)cc1. The van der Waals surface area contributed by atoms with Crippen molar-refractivity contribution in [3.8, 4) is 22.3 Å². The quantitative estimate of drug-likeness (QED) is 0.153. The summed E-state index contributed by atoms with van der Waals surface area (Å²) in [5.41, 5.74) is 4.99. The van der Waals surface area contributed by atoms with Gasteiger partial charge >= 0.3 is 0 Å². The van der Waals surface area contributed by atoms with Gasteiger partial charge in [-0.2, -0.15) is 0 Å². The van der Waals surface area contributed by atoms with Crippen molar-refractivity contribution in [1.29, 1.82) is 0 Å². The second kappa shape index (κ2) is 13.7. The van der Waals surface area contributed by atoms with Crippen molar-refractivity contribution >= 4 is 108 Å². The molecule has 10 bridgehead atoms. The fourth-order valence-corrected chi connectivity index (χ4v) is 10.6. The summed E-state index contributed by atoms with van der Waals surface area (Å²) in [5.74, 6) is 0. The molecular weight excluding hydrogens is 745 g/mol. The van der Waals surface area contributed by atoms with Gasteiger partial charge < -0.3 is 0 Å². The van der Waals surface area contributed by atoms with Gasteiger partial charge in [-0.05, 0) is 154 Å². The van der Waals surface area contributed by atoms with E-state index in [1.54, 1.807) is 0 Å². The summed E-state index contributed by atoms with van der Waals surface area (Å²) < 4.78 is 0. The van der Waals surface area contributed by atoms with Crippen molar-refractivity contribution in [3.05, 3.63) is 231 Å². The minimum atomic E-state index is 1.20. The third-order valence-electron chi connectivity index (χ3n) is 13.4. The number of rotatable bonds is 2. The second-order valence-corrected chi connectivity index (χ2v) is 16.7. The van der Waals surface area contributed by atoms with E-state index < -0.39 is 0 Å². The normalized spacial score (nSPS) is 11.9. The van der Waals surface area contributed by atoms with Crippen LogP contribution in [-0.4, -0.2) is 0 Å². The first kappa shape index (κ1) is 34.8. The molecule has 0 heteroatoms. The lowest BCUT2D eigenvalue weighted by atomic mass is 9.85. The number of hydrogen-bond acceptors (Lipinski definition) is 0. The van der Waals surface area contributed by atoms with E-state index in [9.17, 15) is 0 Å². The van der Waals surface area contributed by atoms with Crippen LogP contribution in [0.2, 0.25) is 0 Å². The van der Waals surface area contributed by atoms with Crippen LogP contribution in [0.15, 0.2) is 231 Å². The number of fused-ring (bicyclic) bond motifs is 3. The lowest BCUT2D eigenvalue weighted by Crippen LogP contribution is -1.90. The zero-order chi connectivity index (χ0) is 40.7. The molecule has 62 heavy (non-hydrogen) atoms. The van der Waals surface area contributed by atoms with Crippen molar-refractivity contribution in [2.24, 2.45) is 0 Å². The standard InChI is InChI=1S/C62H38/c1-3-15-39(16-4-1)59-49-25-9-11-27-51(49)61-53-33-34-54(48-24-8-7-23-47(48)53)62-52-28-12-10-26-50(52)60(40-17-5-2-6-18-40)56-32-30-46(38-58(56)62)44-22-14-20-42(36-44)41-19-13-21-43(35-41)45-29-31-55(59)57(61)37-45/h1-38H. The molecule has 0 spiro atoms. The van der Waals surface area contributed by atoms with Crippen LogP contribution in [0.25, 0.3) is 130 Å². The highest BCUT2D eigenvalue weighted by Gasteiger charge is 2.18. The molecule has 0 aliphatic heterocycles. The Morgan fingerprint density at radius 2 is 0.452 bits per heavy atom. The van der Waals surface area contributed by atoms with Crippen molar-refractivity contribution in [1.82, 2.24) is 0 Å². The highest BCUT2D eigenvalue weighted by atomic mass is 14.2. The molecule has 0 nitrogen and oxygen atoms in total. The minimum Gasteiger partial charge on any atom is -0.0622 e. The highest BCUT2D eigenvalue weighted by molar-refractivity contribution is 6.35. The third-order valence-corrected chi connectivity index (χ3v) is 13.4. The fourth-order valence-electron chi connectivity index (χ4n) is 10.6. The molecule has 14 aromatic carbocycles. The van der Waals surface area contributed by atoms with Gasteiger partial charge in [0.05, 0.1) is 0 Å². The van der Waals surface area contributed by atoms with E-state index in [2.05, 4.69) is 231 Å². The Morgan fingerprint density at radius 1 is 0.161 bits per heavy atom. The highest BCUT2D eigenvalue weighted by Crippen LogP contribution is 2.46. The van der Waals surface area contributed by atoms with Crippen LogP contribution >= 0.6 is 0 Å². The van der Waals surface area contributed by atoms with Crippen LogP contribution in [0.4, 0.5) is 0 Å². The Morgan fingerprint density at radius 3 is 0.855 bits per heavy atom. The molecule has 14 aromatic rings. The summed E-state index contributed by atoms with van der Waals surface area (Å²) in [5, 5.41) is 24.7. The Labute approximate surface area is 358 Å². The second-order valence-electron chi connectivity index (χ2n) is 16.7. The predicted octanol–water partition coefficient (Wildman–Crippen LogP) is 17.7. The maximum atomic E-state index is 2.45. The number of hydrogen-bond donors (Lipinski definition) is 0. The lowest BCUT2D eigenvalue weighted by Gasteiger charge is -2.17. The molecule has 0 saturated heterocycles. The van der Waals surface area contributed by atoms with Gasteiger partial charge in [-0.3, -0.25) is 0 Å². The summed E-state index contributed by atoms with van der Waals surface area (Å²) in [4.78, 5) is 0. The van der Waals surface area contributed by atoms with Gasteiger partial charge in [0.1, 0.15) is 0 Å². The molecule has 0 amide bonds. The van der Waals surface area contributed by atoms with Gasteiger partial charge in [-0.1, -0.05) is 206 Å². The van der Waals surface area contributed by atoms with Crippen molar-refractivity contribution in [3.63, 3.8) is 0 Å². The first-order chi connectivity index (χ1) is 30.8. The Bertz CT molecular complexity index is 3800. The first-order valence-electron chi connectivity index (χ1n) is 21.6. The van der Waals surface area contributed by atoms with E-state index in [1.807, 2.05) is 0 Å². The molecule has 0 aliphatic carbocycles. The molecular formula is C62H38. The van der Waals surface area contributed by atoms with Gasteiger partial charge in [-0.25, -0.2) is 0 Å². The average molecular weight is 783 g/mol. The van der Waals surface area contributed by atoms with Crippen LogP contribution in [0.3, 0.4) is 0 Å². The summed E-state index contributed by atoms with van der Waals surface area (Å²) in [7, 11) is 0. The summed E-state index contributed by atoms with van der Waals surface area (Å²) in [6, 6.07) is 86.3. The molecule has 286 valence electrons. The molecule has 0 unspecified atom stereocenters. The van der Waals surface area contributed by atoms with Crippen LogP contribution < -0.4 is 0 Å². The maximum Gasteiger partial charge on any atom is -0.00199 e. The smallest absolute Gasteiger partial charge is 0.00199 e. The zero-order valence-corrected chi connectivity index (χ0v) is 33.9. The van der Waals surface area contributed by atoms with Gasteiger partial charge in [0.25, 0.3) is 0 Å². The summed E-state index contributed by atoms with van der Waals surface area (Å²) in [6.07, 6.45) is 0. The van der Waals surface area contributed by atoms with E-state index >= 15 is 0 Å². The molecule has 0 saturated carbocycles. The van der Waals surface area contributed by atoms with E-state index in [1.165, 1.54) is 130 Å². The topological polar surface area (TPSA) is 0 Å². The molecule has 0 aromatic heterocycles. The Hall–Kier alpha value is -8.06. The molecule has 0 fully saturated rings. The van der Waals surface area contributed by atoms with E-state index in [-0.39, 0.29) is 0 Å². The predicted molar refractivity (Wildman–Crippen MR) is 270 cm³/mol. The maximum absolute atomic E-state index is 2.45. The average Bonchev–Trinajstić information content (AvgIpc) is 3.35. The summed E-state index contributed by atoms with van der Waals surface area (Å²) >= 11 is 0. The molecule has 0 aliphatic rings. The Balaban J connectivity index is 1.33. The molecule has 14 rings (SSSR count).